The van der Waals surface area contributed by atoms with E-state index in [0.717, 1.165) is 12.0 Å². The predicted octanol–water partition coefficient (Wildman–Crippen LogP) is 3.71. The van der Waals surface area contributed by atoms with E-state index in [-0.39, 0.29) is 11.6 Å². The smallest absolute Gasteiger partial charge is 0.294 e. The summed E-state index contributed by atoms with van der Waals surface area (Å²) in [5, 5.41) is 11.5. The molecule has 0 spiro atoms. The number of nitrogens with zero attached hydrogens (tertiary/aromatic N) is 4. The second kappa shape index (κ2) is 7.48. The van der Waals surface area contributed by atoms with Gasteiger partial charge in [0.25, 0.3) is 11.6 Å². The largest absolute Gasteiger partial charge is 0.335 e. The summed E-state index contributed by atoms with van der Waals surface area (Å²) in [4.78, 5) is 29.5. The van der Waals surface area contributed by atoms with Crippen LogP contribution >= 0.6 is 0 Å². The normalized spacial score (nSPS) is 13.9. The molecule has 4 rings (SSSR count). The fraction of sp³-hybridized carbons (Fsp3) is 0.143. The fourth-order valence-corrected chi connectivity index (χ4v) is 3.37. The topological polar surface area (TPSA) is 81.3 Å². The summed E-state index contributed by atoms with van der Waals surface area (Å²) >= 11 is 0. The number of benzene rings is 2. The van der Waals surface area contributed by atoms with Crippen LogP contribution in [0.5, 0.6) is 0 Å². The third-order valence-corrected chi connectivity index (χ3v) is 4.84. The Hall–Kier alpha value is -3.74. The van der Waals surface area contributed by atoms with Gasteiger partial charge in [0.1, 0.15) is 5.69 Å². The summed E-state index contributed by atoms with van der Waals surface area (Å²) in [6.07, 6.45) is 7.47. The summed E-state index contributed by atoms with van der Waals surface area (Å²) in [5.41, 5.74) is 2.94. The third kappa shape index (κ3) is 3.42. The maximum atomic E-state index is 12.9. The molecule has 0 unspecified atom stereocenters. The summed E-state index contributed by atoms with van der Waals surface area (Å²) in [7, 11) is 0. The number of nitro benzene ring substituents is 1. The molecule has 1 aliphatic rings. The molecule has 0 saturated carbocycles. The van der Waals surface area contributed by atoms with E-state index in [1.165, 1.54) is 18.0 Å². The minimum absolute atomic E-state index is 0.124. The van der Waals surface area contributed by atoms with Crippen LogP contribution in [0, 0.1) is 10.1 Å². The molecular formula is C21H18N4O3. The van der Waals surface area contributed by atoms with Crippen LogP contribution < -0.4 is 0 Å². The molecule has 0 aliphatic carbocycles. The first-order valence-corrected chi connectivity index (χ1v) is 8.94. The van der Waals surface area contributed by atoms with Crippen LogP contribution in [0.25, 0.3) is 11.3 Å². The summed E-state index contributed by atoms with van der Waals surface area (Å²) < 4.78 is 1.56. The first-order valence-electron chi connectivity index (χ1n) is 8.94. The molecule has 0 radical (unpaired) electrons. The molecule has 0 N–H and O–H groups in total. The van der Waals surface area contributed by atoms with Crippen molar-refractivity contribution >= 4 is 17.2 Å². The molecule has 7 heteroatoms. The minimum atomic E-state index is -0.476. The Bertz CT molecular complexity index is 1040. The Labute approximate surface area is 161 Å². The van der Waals surface area contributed by atoms with Crippen LogP contribution in [-0.4, -0.2) is 38.4 Å². The van der Waals surface area contributed by atoms with E-state index in [2.05, 4.69) is 17.1 Å². The number of nitro groups is 1. The molecule has 0 fully saturated rings. The average Bonchev–Trinajstić information content (AvgIpc) is 3.28. The van der Waals surface area contributed by atoms with Gasteiger partial charge in [0, 0.05) is 37.1 Å². The van der Waals surface area contributed by atoms with Crippen LogP contribution in [-0.2, 0) is 0 Å². The number of rotatable bonds is 4. The number of imidazole rings is 1. The van der Waals surface area contributed by atoms with Gasteiger partial charge in [0.2, 0.25) is 0 Å². The van der Waals surface area contributed by atoms with Gasteiger partial charge in [0.15, 0.2) is 0 Å². The van der Waals surface area contributed by atoms with Gasteiger partial charge >= 0.3 is 0 Å². The van der Waals surface area contributed by atoms with E-state index in [0.29, 0.717) is 24.3 Å². The molecule has 3 aromatic rings. The lowest BCUT2D eigenvalue weighted by molar-refractivity contribution is -0.384. The maximum Gasteiger partial charge on any atom is 0.294 e. The highest BCUT2D eigenvalue weighted by atomic mass is 16.6. The Kier molecular flexibility index (Phi) is 4.72. The van der Waals surface area contributed by atoms with Crippen molar-refractivity contribution in [3.63, 3.8) is 0 Å². The Morgan fingerprint density at radius 2 is 1.96 bits per heavy atom. The van der Waals surface area contributed by atoms with Gasteiger partial charge < -0.3 is 9.47 Å². The molecule has 0 bridgehead atoms. The molecule has 0 atom stereocenters. The first-order chi connectivity index (χ1) is 13.6. The van der Waals surface area contributed by atoms with Crippen LogP contribution in [0.2, 0.25) is 0 Å². The number of hydrogen-bond donors (Lipinski definition) is 0. The van der Waals surface area contributed by atoms with E-state index < -0.39 is 4.92 Å². The van der Waals surface area contributed by atoms with E-state index in [4.69, 9.17) is 0 Å². The molecule has 2 aromatic carbocycles. The zero-order valence-electron chi connectivity index (χ0n) is 15.1. The summed E-state index contributed by atoms with van der Waals surface area (Å²) in [6, 6.07) is 14.6. The van der Waals surface area contributed by atoms with Crippen molar-refractivity contribution in [3.05, 3.63) is 94.6 Å². The Morgan fingerprint density at radius 3 is 2.61 bits per heavy atom. The van der Waals surface area contributed by atoms with Crippen LogP contribution in [0.1, 0.15) is 22.3 Å². The van der Waals surface area contributed by atoms with Crippen LogP contribution in [0.3, 0.4) is 0 Å². The predicted molar refractivity (Wildman–Crippen MR) is 105 cm³/mol. The van der Waals surface area contributed by atoms with Crippen molar-refractivity contribution in [2.45, 2.75) is 6.42 Å². The van der Waals surface area contributed by atoms with E-state index >= 15 is 0 Å². The van der Waals surface area contributed by atoms with E-state index in [1.54, 1.807) is 34.0 Å². The third-order valence-electron chi connectivity index (χ3n) is 4.84. The van der Waals surface area contributed by atoms with Crippen molar-refractivity contribution in [2.75, 3.05) is 13.1 Å². The van der Waals surface area contributed by atoms with Gasteiger partial charge in [-0.1, -0.05) is 36.4 Å². The standard InChI is InChI=1S/C21H18N4O3/c26-21(23-11-8-17(9-12-23)16-4-2-1-3-5-16)18-6-7-19(20(14-18)25(27)28)24-13-10-22-15-24/h1-8,10,13-15H,9,11-12H2. The number of carbonyl (C=O) groups excluding carboxylic acids is 1. The van der Waals surface area contributed by atoms with E-state index in [1.807, 2.05) is 24.3 Å². The van der Waals surface area contributed by atoms with Crippen LogP contribution in [0.15, 0.2) is 73.3 Å². The number of amides is 1. The SMILES string of the molecule is O=C(c1ccc(-n2ccnc2)c([N+](=O)[O-])c1)N1CC=C(c2ccccc2)CC1. The summed E-state index contributed by atoms with van der Waals surface area (Å²) in [5.74, 6) is -0.205. The van der Waals surface area contributed by atoms with Gasteiger partial charge in [-0.05, 0) is 29.7 Å². The molecule has 1 aliphatic heterocycles. The molecule has 2 heterocycles. The van der Waals surface area contributed by atoms with Crippen molar-refractivity contribution in [1.82, 2.24) is 14.5 Å². The highest BCUT2D eigenvalue weighted by Gasteiger charge is 2.23. The lowest BCUT2D eigenvalue weighted by Gasteiger charge is -2.27. The van der Waals surface area contributed by atoms with Crippen molar-refractivity contribution < 1.29 is 9.72 Å². The Balaban J connectivity index is 1.56. The van der Waals surface area contributed by atoms with Crippen molar-refractivity contribution in [2.24, 2.45) is 0 Å². The van der Waals surface area contributed by atoms with E-state index in [9.17, 15) is 14.9 Å². The Morgan fingerprint density at radius 1 is 1.14 bits per heavy atom. The maximum absolute atomic E-state index is 12.9. The zero-order valence-corrected chi connectivity index (χ0v) is 15.1. The second-order valence-corrected chi connectivity index (χ2v) is 6.53. The average molecular weight is 374 g/mol. The molecule has 28 heavy (non-hydrogen) atoms. The van der Waals surface area contributed by atoms with Gasteiger partial charge in [-0.3, -0.25) is 14.9 Å². The fourth-order valence-electron chi connectivity index (χ4n) is 3.37. The number of carbonyl (C=O) groups is 1. The quantitative estimate of drug-likeness (QED) is 0.515. The lowest BCUT2D eigenvalue weighted by Crippen LogP contribution is -2.34. The number of aromatic nitrogens is 2. The van der Waals surface area contributed by atoms with Gasteiger partial charge in [-0.25, -0.2) is 4.98 Å². The van der Waals surface area contributed by atoms with Gasteiger partial charge in [-0.2, -0.15) is 0 Å². The van der Waals surface area contributed by atoms with Crippen LogP contribution in [0.4, 0.5) is 5.69 Å². The first kappa shape index (κ1) is 17.7. The second-order valence-electron chi connectivity index (χ2n) is 6.53. The van der Waals surface area contributed by atoms with Gasteiger partial charge in [0.05, 0.1) is 11.3 Å². The lowest BCUT2D eigenvalue weighted by atomic mass is 9.99. The number of hydrogen-bond acceptors (Lipinski definition) is 4. The van der Waals surface area contributed by atoms with Crippen molar-refractivity contribution in [3.8, 4) is 5.69 Å². The molecule has 7 nitrogen and oxygen atoms in total. The van der Waals surface area contributed by atoms with Crippen molar-refractivity contribution in [1.29, 1.82) is 0 Å². The zero-order chi connectivity index (χ0) is 19.5. The summed E-state index contributed by atoms with van der Waals surface area (Å²) in [6.45, 7) is 1.07. The molecule has 140 valence electrons. The highest BCUT2D eigenvalue weighted by Crippen LogP contribution is 2.27. The van der Waals surface area contributed by atoms with Gasteiger partial charge in [-0.15, -0.1) is 0 Å². The molecule has 1 amide bonds. The molecule has 0 saturated heterocycles. The highest BCUT2D eigenvalue weighted by molar-refractivity contribution is 5.96. The molecule has 1 aromatic heterocycles. The minimum Gasteiger partial charge on any atom is -0.335 e. The molecular weight excluding hydrogens is 356 g/mol. The monoisotopic (exact) mass is 374 g/mol.